The summed E-state index contributed by atoms with van der Waals surface area (Å²) in [5.74, 6) is -0.269. The second-order valence-corrected chi connectivity index (χ2v) is 7.61. The highest BCUT2D eigenvalue weighted by atomic mass is 32.2. The first-order valence-corrected chi connectivity index (χ1v) is 9.44. The average Bonchev–Trinajstić information content (AvgIpc) is 2.49. The third kappa shape index (κ3) is 4.65. The number of carbonyl (C=O) groups excluding carboxylic acids is 1. The van der Waals surface area contributed by atoms with E-state index >= 15 is 0 Å². The third-order valence-electron chi connectivity index (χ3n) is 4.31. The molecule has 0 saturated carbocycles. The predicted octanol–water partition coefficient (Wildman–Crippen LogP) is 2.57. The number of hydrogen-bond donors (Lipinski definition) is 2. The molecule has 126 valence electrons. The first kappa shape index (κ1) is 17.7. The molecule has 0 unspecified atom stereocenters. The second kappa shape index (κ2) is 7.27. The van der Waals surface area contributed by atoms with Crippen molar-refractivity contribution in [2.75, 3.05) is 6.54 Å². The summed E-state index contributed by atoms with van der Waals surface area (Å²) in [6, 6.07) is 3.05. The molecule has 0 saturated heterocycles. The lowest BCUT2D eigenvalue weighted by atomic mass is 9.97. The van der Waals surface area contributed by atoms with Gasteiger partial charge in [-0.15, -0.1) is 0 Å². The molecule has 3 N–H and O–H groups in total. The van der Waals surface area contributed by atoms with Gasteiger partial charge < -0.3 is 5.32 Å². The normalized spacial score (nSPS) is 15.2. The molecule has 0 heterocycles. The van der Waals surface area contributed by atoms with E-state index < -0.39 is 10.0 Å². The van der Waals surface area contributed by atoms with Crippen LogP contribution < -0.4 is 10.5 Å². The van der Waals surface area contributed by atoms with Crippen LogP contribution >= 0.6 is 0 Å². The topological polar surface area (TPSA) is 89.3 Å². The van der Waals surface area contributed by atoms with Gasteiger partial charge in [-0.25, -0.2) is 13.6 Å². The molecule has 1 aliphatic rings. The van der Waals surface area contributed by atoms with Crippen molar-refractivity contribution in [2.45, 2.75) is 50.8 Å². The highest BCUT2D eigenvalue weighted by molar-refractivity contribution is 7.89. The van der Waals surface area contributed by atoms with Gasteiger partial charge in [-0.2, -0.15) is 0 Å². The number of allylic oxidation sites excluding steroid dienone is 1. The van der Waals surface area contributed by atoms with Crippen LogP contribution in [0.15, 0.2) is 28.7 Å². The van der Waals surface area contributed by atoms with Gasteiger partial charge in [-0.05, 0) is 69.2 Å². The van der Waals surface area contributed by atoms with Crippen LogP contribution in [-0.2, 0) is 10.0 Å². The van der Waals surface area contributed by atoms with Gasteiger partial charge in [0, 0.05) is 12.1 Å². The van der Waals surface area contributed by atoms with E-state index in [0.717, 1.165) is 24.8 Å². The highest BCUT2D eigenvalue weighted by Crippen LogP contribution is 2.21. The SMILES string of the molecule is Cc1cc(C(=O)NCCC2=CCCCC2)cc(S(N)(=O)=O)c1C. The Labute approximate surface area is 138 Å². The zero-order valence-corrected chi connectivity index (χ0v) is 14.5. The van der Waals surface area contributed by atoms with Crippen LogP contribution in [0.5, 0.6) is 0 Å². The molecule has 0 fully saturated rings. The first-order valence-electron chi connectivity index (χ1n) is 7.89. The summed E-state index contributed by atoms with van der Waals surface area (Å²) in [4.78, 5) is 12.3. The van der Waals surface area contributed by atoms with E-state index in [0.29, 0.717) is 17.7 Å². The van der Waals surface area contributed by atoms with Crippen molar-refractivity contribution in [2.24, 2.45) is 5.14 Å². The lowest BCUT2D eigenvalue weighted by Gasteiger charge is -2.14. The number of nitrogens with one attached hydrogen (secondary N) is 1. The Morgan fingerprint density at radius 2 is 2.00 bits per heavy atom. The van der Waals surface area contributed by atoms with E-state index in [2.05, 4.69) is 11.4 Å². The quantitative estimate of drug-likeness (QED) is 0.810. The van der Waals surface area contributed by atoms with Gasteiger partial charge in [0.25, 0.3) is 5.91 Å². The molecule has 0 spiro atoms. The Kier molecular flexibility index (Phi) is 5.59. The van der Waals surface area contributed by atoms with Crippen molar-refractivity contribution in [1.29, 1.82) is 0 Å². The molecule has 1 aromatic carbocycles. The summed E-state index contributed by atoms with van der Waals surface area (Å²) < 4.78 is 23.3. The number of aryl methyl sites for hydroxylation is 1. The smallest absolute Gasteiger partial charge is 0.251 e. The fourth-order valence-electron chi connectivity index (χ4n) is 2.82. The molecule has 1 aliphatic carbocycles. The first-order chi connectivity index (χ1) is 10.8. The fraction of sp³-hybridized carbons (Fsp3) is 0.471. The Balaban J connectivity index is 2.07. The maximum atomic E-state index is 12.3. The standard InChI is InChI=1S/C17H24N2O3S/c1-12-10-15(11-16(13(12)2)23(18,21)22)17(20)19-9-8-14-6-4-3-5-7-14/h6,10-11H,3-5,7-9H2,1-2H3,(H,19,20)(H2,18,21,22). The van der Waals surface area contributed by atoms with Crippen LogP contribution in [-0.4, -0.2) is 20.9 Å². The lowest BCUT2D eigenvalue weighted by molar-refractivity contribution is 0.0953. The fourth-order valence-corrected chi connectivity index (χ4v) is 3.70. The van der Waals surface area contributed by atoms with Gasteiger partial charge >= 0.3 is 0 Å². The van der Waals surface area contributed by atoms with E-state index in [-0.39, 0.29) is 10.8 Å². The maximum Gasteiger partial charge on any atom is 0.251 e. The number of nitrogens with two attached hydrogens (primary N) is 1. The zero-order chi connectivity index (χ0) is 17.0. The van der Waals surface area contributed by atoms with E-state index in [9.17, 15) is 13.2 Å². The van der Waals surface area contributed by atoms with E-state index in [1.165, 1.54) is 24.5 Å². The summed E-state index contributed by atoms with van der Waals surface area (Å²) in [6.45, 7) is 4.02. The molecular weight excluding hydrogens is 312 g/mol. The van der Waals surface area contributed by atoms with Crippen molar-refractivity contribution in [3.63, 3.8) is 0 Å². The number of benzene rings is 1. The Hall–Kier alpha value is -1.66. The molecule has 0 aliphatic heterocycles. The van der Waals surface area contributed by atoms with Crippen molar-refractivity contribution in [3.05, 3.63) is 40.5 Å². The number of primary sulfonamides is 1. The molecule has 2 rings (SSSR count). The Bertz CT molecular complexity index is 736. The van der Waals surface area contributed by atoms with E-state index in [1.807, 2.05) is 0 Å². The van der Waals surface area contributed by atoms with Crippen LogP contribution in [0.25, 0.3) is 0 Å². The highest BCUT2D eigenvalue weighted by Gasteiger charge is 2.17. The minimum atomic E-state index is -3.84. The molecular formula is C17H24N2O3S. The average molecular weight is 336 g/mol. The second-order valence-electron chi connectivity index (χ2n) is 6.08. The van der Waals surface area contributed by atoms with Gasteiger partial charge in [-0.1, -0.05) is 11.6 Å². The van der Waals surface area contributed by atoms with Crippen LogP contribution in [0.3, 0.4) is 0 Å². The molecule has 0 radical (unpaired) electrons. The number of carbonyl (C=O) groups is 1. The third-order valence-corrected chi connectivity index (χ3v) is 5.34. The summed E-state index contributed by atoms with van der Waals surface area (Å²) in [5, 5.41) is 8.08. The summed E-state index contributed by atoms with van der Waals surface area (Å²) in [6.07, 6.45) is 7.79. The molecule has 0 aromatic heterocycles. The number of amides is 1. The van der Waals surface area contributed by atoms with Gasteiger partial charge in [0.1, 0.15) is 0 Å². The molecule has 23 heavy (non-hydrogen) atoms. The molecule has 0 atom stereocenters. The van der Waals surface area contributed by atoms with Crippen LogP contribution in [0.1, 0.15) is 53.6 Å². The van der Waals surface area contributed by atoms with E-state index in [4.69, 9.17) is 5.14 Å². The molecule has 0 bridgehead atoms. The number of rotatable bonds is 5. The molecule has 1 aromatic rings. The van der Waals surface area contributed by atoms with Gasteiger partial charge in [0.2, 0.25) is 10.0 Å². The lowest BCUT2D eigenvalue weighted by Crippen LogP contribution is -2.26. The van der Waals surface area contributed by atoms with Gasteiger partial charge in [0.05, 0.1) is 4.90 Å². The molecule has 6 heteroatoms. The number of hydrogen-bond acceptors (Lipinski definition) is 3. The maximum absolute atomic E-state index is 12.3. The van der Waals surface area contributed by atoms with Gasteiger partial charge in [0.15, 0.2) is 0 Å². The monoisotopic (exact) mass is 336 g/mol. The molecule has 5 nitrogen and oxygen atoms in total. The van der Waals surface area contributed by atoms with Crippen molar-refractivity contribution in [3.8, 4) is 0 Å². The van der Waals surface area contributed by atoms with Crippen molar-refractivity contribution < 1.29 is 13.2 Å². The number of sulfonamides is 1. The largest absolute Gasteiger partial charge is 0.352 e. The summed E-state index contributed by atoms with van der Waals surface area (Å²) in [5.41, 5.74) is 3.03. The van der Waals surface area contributed by atoms with E-state index in [1.54, 1.807) is 19.9 Å². The minimum absolute atomic E-state index is 0.0117. The Morgan fingerprint density at radius 1 is 1.26 bits per heavy atom. The van der Waals surface area contributed by atoms with Gasteiger partial charge in [-0.3, -0.25) is 4.79 Å². The molecule has 1 amide bonds. The summed E-state index contributed by atoms with van der Waals surface area (Å²) in [7, 11) is -3.84. The van der Waals surface area contributed by atoms with Crippen LogP contribution in [0.2, 0.25) is 0 Å². The van der Waals surface area contributed by atoms with Crippen LogP contribution in [0.4, 0.5) is 0 Å². The Morgan fingerprint density at radius 3 is 2.61 bits per heavy atom. The van der Waals surface area contributed by atoms with Crippen molar-refractivity contribution in [1.82, 2.24) is 5.32 Å². The predicted molar refractivity (Wildman–Crippen MR) is 90.8 cm³/mol. The zero-order valence-electron chi connectivity index (χ0n) is 13.7. The minimum Gasteiger partial charge on any atom is -0.352 e. The summed E-state index contributed by atoms with van der Waals surface area (Å²) >= 11 is 0. The van der Waals surface area contributed by atoms with Crippen LogP contribution in [0, 0.1) is 13.8 Å². The van der Waals surface area contributed by atoms with Crippen molar-refractivity contribution >= 4 is 15.9 Å².